The molecule has 1 saturated heterocycles. The molecule has 17 heteroatoms. The number of amides is 4. The molecule has 8 rings (SSSR count). The minimum absolute atomic E-state index is 0.0285. The number of allylic oxidation sites excluding steroid dienone is 1. The first-order valence-electron chi connectivity index (χ1n) is 22.3. The van der Waals surface area contributed by atoms with Crippen LogP contribution in [0.5, 0.6) is 6.01 Å². The van der Waals surface area contributed by atoms with Gasteiger partial charge in [-0.3, -0.25) is 23.7 Å². The number of sulfonamides is 1. The Bertz CT molecular complexity index is 2590. The van der Waals surface area contributed by atoms with Crippen LogP contribution >= 0.6 is 11.3 Å². The number of imidazole rings is 1. The highest BCUT2D eigenvalue weighted by Gasteiger charge is 2.63. The van der Waals surface area contributed by atoms with Crippen molar-refractivity contribution >= 4 is 56.2 Å². The normalized spacial score (nSPS) is 24.8. The van der Waals surface area contributed by atoms with Crippen molar-refractivity contribution in [1.82, 2.24) is 34.8 Å². The first-order valence-corrected chi connectivity index (χ1v) is 24.7. The molecule has 0 spiro atoms. The van der Waals surface area contributed by atoms with Gasteiger partial charge in [0.05, 0.1) is 22.5 Å². The number of aryl methyl sites for hydroxylation is 1. The lowest BCUT2D eigenvalue weighted by Crippen LogP contribution is -2.58. The number of rotatable bonds is 9. The number of para-hydroxylation sites is 1. The van der Waals surface area contributed by atoms with Gasteiger partial charge in [0.2, 0.25) is 21.8 Å². The summed E-state index contributed by atoms with van der Waals surface area (Å²) in [5, 5.41) is 8.54. The van der Waals surface area contributed by atoms with E-state index in [0.717, 1.165) is 45.8 Å². The molecule has 5 atom stereocenters. The summed E-state index contributed by atoms with van der Waals surface area (Å²) >= 11 is 1.53. The van der Waals surface area contributed by atoms with E-state index in [1.54, 1.807) is 27.7 Å². The molecule has 0 radical (unpaired) electrons. The Morgan fingerprint density at radius 3 is 2.48 bits per heavy atom. The second kappa shape index (κ2) is 17.3. The zero-order valence-corrected chi connectivity index (χ0v) is 39.2. The molecular formula is C47H59N7O8S2. The molecule has 2 aromatic heterocycles. The molecule has 342 valence electrons. The first kappa shape index (κ1) is 45.3. The van der Waals surface area contributed by atoms with Crippen molar-refractivity contribution in [2.45, 2.75) is 146 Å². The first-order chi connectivity index (χ1) is 30.3. The number of nitrogens with one attached hydrogen (secondary N) is 3. The van der Waals surface area contributed by atoms with Gasteiger partial charge in [0, 0.05) is 34.9 Å². The van der Waals surface area contributed by atoms with E-state index in [1.165, 1.54) is 16.2 Å². The summed E-state index contributed by atoms with van der Waals surface area (Å²) < 4.78 is 42.1. The van der Waals surface area contributed by atoms with Gasteiger partial charge in [-0.25, -0.2) is 18.2 Å². The van der Waals surface area contributed by atoms with Crippen LogP contribution < -0.4 is 20.1 Å². The van der Waals surface area contributed by atoms with Crippen LogP contribution in [-0.4, -0.2) is 92.3 Å². The topological polar surface area (TPSA) is 191 Å². The third-order valence-corrected chi connectivity index (χ3v) is 15.8. The van der Waals surface area contributed by atoms with Crippen molar-refractivity contribution in [3.8, 4) is 27.8 Å². The molecular weight excluding hydrogens is 855 g/mol. The predicted octanol–water partition coefficient (Wildman–Crippen LogP) is 7.35. The van der Waals surface area contributed by atoms with Gasteiger partial charge in [0.25, 0.3) is 11.9 Å². The average molecular weight is 914 g/mol. The molecule has 4 aliphatic rings. The van der Waals surface area contributed by atoms with E-state index >= 15 is 0 Å². The number of carbonyl (C=O) groups excluding carboxylic acids is 4. The predicted molar refractivity (Wildman–Crippen MR) is 245 cm³/mol. The molecule has 4 heterocycles. The fourth-order valence-corrected chi connectivity index (χ4v) is 10.8. The minimum Gasteiger partial charge on any atom is -0.459 e. The van der Waals surface area contributed by atoms with Gasteiger partial charge in [-0.15, -0.1) is 11.3 Å². The van der Waals surface area contributed by atoms with Crippen LogP contribution in [0.3, 0.4) is 0 Å². The van der Waals surface area contributed by atoms with Crippen molar-refractivity contribution < 1.29 is 37.1 Å². The Balaban J connectivity index is 1.12. The number of hydrogen-bond donors (Lipinski definition) is 3. The molecule has 4 amide bonds. The van der Waals surface area contributed by atoms with Crippen LogP contribution in [0.15, 0.2) is 60.0 Å². The number of ether oxygens (including phenoxy) is 2. The smallest absolute Gasteiger partial charge is 0.408 e. The van der Waals surface area contributed by atoms with E-state index in [4.69, 9.17) is 19.4 Å². The number of nitrogens with zero attached hydrogens (tertiary/aromatic N) is 4. The third kappa shape index (κ3) is 9.28. The van der Waals surface area contributed by atoms with Crippen LogP contribution in [0, 0.1) is 12.8 Å². The van der Waals surface area contributed by atoms with Crippen LogP contribution in [-0.2, 0) is 29.1 Å². The highest BCUT2D eigenvalue weighted by Crippen LogP contribution is 2.48. The van der Waals surface area contributed by atoms with Crippen LogP contribution in [0.25, 0.3) is 32.9 Å². The summed E-state index contributed by atoms with van der Waals surface area (Å²) in [7, 11) is -4.01. The molecule has 0 bridgehead atoms. The van der Waals surface area contributed by atoms with E-state index < -0.39 is 73.8 Å². The summed E-state index contributed by atoms with van der Waals surface area (Å²) in [6, 6.07) is 12.2. The van der Waals surface area contributed by atoms with Gasteiger partial charge in [-0.05, 0) is 99.1 Å². The van der Waals surface area contributed by atoms with Crippen LogP contribution in [0.2, 0.25) is 0 Å². The van der Waals surface area contributed by atoms with Gasteiger partial charge >= 0.3 is 6.09 Å². The number of alkyl carbamates (subject to hydrolysis) is 1. The van der Waals surface area contributed by atoms with Crippen molar-refractivity contribution in [2.24, 2.45) is 5.92 Å². The summed E-state index contributed by atoms with van der Waals surface area (Å²) in [6.07, 6.45) is 6.59. The molecule has 64 heavy (non-hydrogen) atoms. The molecule has 15 nitrogen and oxygen atoms in total. The summed E-state index contributed by atoms with van der Waals surface area (Å²) in [6.45, 7) is 12.9. The highest BCUT2D eigenvalue weighted by molar-refractivity contribution is 7.91. The van der Waals surface area contributed by atoms with Crippen molar-refractivity contribution in [3.05, 3.63) is 65.6 Å². The van der Waals surface area contributed by atoms with Gasteiger partial charge in [0.15, 0.2) is 0 Å². The largest absolute Gasteiger partial charge is 0.459 e. The van der Waals surface area contributed by atoms with E-state index in [-0.39, 0.29) is 25.4 Å². The zero-order valence-electron chi connectivity index (χ0n) is 37.6. The Kier molecular flexibility index (Phi) is 12.2. The Morgan fingerprint density at radius 2 is 1.78 bits per heavy atom. The number of aromatic nitrogens is 3. The average Bonchev–Trinajstić information content (AvgIpc) is 3.90. The Hall–Kier alpha value is -5.29. The number of fused-ring (bicyclic) bond motifs is 3. The lowest BCUT2D eigenvalue weighted by atomic mass is 10.0. The van der Waals surface area contributed by atoms with E-state index in [1.807, 2.05) is 61.1 Å². The molecule has 2 aromatic carbocycles. The molecule has 3 fully saturated rings. The maximum Gasteiger partial charge on any atom is 0.408 e. The number of thiazole rings is 1. The van der Waals surface area contributed by atoms with E-state index in [9.17, 15) is 27.6 Å². The molecule has 0 unspecified atom stereocenters. The lowest BCUT2D eigenvalue weighted by molar-refractivity contribution is -0.141. The summed E-state index contributed by atoms with van der Waals surface area (Å²) in [4.78, 5) is 68.2. The highest BCUT2D eigenvalue weighted by atomic mass is 32.2. The molecule has 4 aromatic rings. The maximum absolute atomic E-state index is 14.8. The fraction of sp³-hybridized carbons (Fsp3) is 0.532. The Morgan fingerprint density at radius 1 is 1.03 bits per heavy atom. The van der Waals surface area contributed by atoms with Gasteiger partial charge in [-0.1, -0.05) is 60.9 Å². The minimum atomic E-state index is -4.01. The van der Waals surface area contributed by atoms with Gasteiger partial charge in [-0.2, -0.15) is 4.98 Å². The number of hydrogen-bond acceptors (Lipinski definition) is 11. The maximum atomic E-state index is 14.8. The van der Waals surface area contributed by atoms with Gasteiger partial charge < -0.3 is 25.0 Å². The van der Waals surface area contributed by atoms with Crippen LogP contribution in [0.1, 0.15) is 111 Å². The van der Waals surface area contributed by atoms with Crippen molar-refractivity contribution in [1.29, 1.82) is 0 Å². The van der Waals surface area contributed by atoms with E-state index in [0.29, 0.717) is 43.6 Å². The summed E-state index contributed by atoms with van der Waals surface area (Å²) in [5.41, 5.74) is 3.04. The number of carbonyl (C=O) groups is 4. The third-order valence-electron chi connectivity index (χ3n) is 12.7. The molecule has 2 saturated carbocycles. The van der Waals surface area contributed by atoms with Crippen molar-refractivity contribution in [3.63, 3.8) is 0 Å². The standard InChI is InChI=1S/C47H59N7O8S2/c1-28(2)54-36-17-13-15-33(40-48-35(27-63-40)30-20-18-29(3)19-21-30)38(36)50-43(54)61-32-24-37-39(55)51-47(42(57)52-64(59,60)46(7)22-23-46)25-31(47)14-11-9-8-10-12-16-34(41(56)53(37)26-32)49-44(58)62-45(4,5)6/h11,13-15,17-21,27-28,31-32,34,37H,8-10,12,16,22-26H2,1-7H3,(H,49,58)(H,51,55)(H,52,57)/t31-,32-,34+,37+,47-/m1/s1. The summed E-state index contributed by atoms with van der Waals surface area (Å²) in [5.74, 6) is -2.37. The number of benzene rings is 2. The second-order valence-corrected chi connectivity index (χ2v) is 22.4. The zero-order chi connectivity index (χ0) is 45.8. The molecule has 2 aliphatic heterocycles. The molecule has 2 aliphatic carbocycles. The molecule has 3 N–H and O–H groups in total. The second-order valence-electron chi connectivity index (χ2n) is 19.3. The van der Waals surface area contributed by atoms with Gasteiger partial charge in [0.1, 0.15) is 39.9 Å². The Labute approximate surface area is 378 Å². The van der Waals surface area contributed by atoms with Crippen LogP contribution in [0.4, 0.5) is 4.79 Å². The quantitative estimate of drug-likeness (QED) is 0.143. The SMILES string of the molecule is Cc1ccc(-c2csc(-c3cccc4c3nc(O[C@@H]3C[C@H]5C(=O)N[C@]6(C(=O)NS(=O)(=O)C7(C)CC7)C[C@H]6C=CCCCCC[C@H](NC(=O)OC(C)(C)C)C(=O)N5C3)n4C(C)C)n2)cc1. The lowest BCUT2D eigenvalue weighted by Gasteiger charge is -2.30. The monoisotopic (exact) mass is 913 g/mol. The van der Waals surface area contributed by atoms with E-state index in [2.05, 4.69) is 39.6 Å². The van der Waals surface area contributed by atoms with Crippen molar-refractivity contribution in [2.75, 3.05) is 6.54 Å². The fourth-order valence-electron chi connectivity index (χ4n) is 8.65.